The maximum atomic E-state index is 12.5. The van der Waals surface area contributed by atoms with Gasteiger partial charge < -0.3 is 35.4 Å². The van der Waals surface area contributed by atoms with Gasteiger partial charge in [-0.3, -0.25) is 28.0 Å². The van der Waals surface area contributed by atoms with E-state index < -0.39 is 75.3 Å². The Morgan fingerprint density at radius 1 is 1.10 bits per heavy atom. The first-order valence-corrected chi connectivity index (χ1v) is 13.2. The second-order valence-electron chi connectivity index (χ2n) is 9.12. The van der Waals surface area contributed by atoms with Crippen LogP contribution < -0.4 is 17.0 Å². The van der Waals surface area contributed by atoms with Gasteiger partial charge in [-0.2, -0.15) is 0 Å². The minimum absolute atomic E-state index is 0.0411. The highest BCUT2D eigenvalue weighted by Gasteiger charge is 2.45. The summed E-state index contributed by atoms with van der Waals surface area (Å²) in [6, 6.07) is 0. The van der Waals surface area contributed by atoms with E-state index in [-0.39, 0.29) is 29.0 Å². The van der Waals surface area contributed by atoms with Gasteiger partial charge in [0.05, 0.1) is 25.6 Å². The molecule has 0 aliphatic carbocycles. The molecule has 2 fully saturated rings. The van der Waals surface area contributed by atoms with Gasteiger partial charge in [0.2, 0.25) is 0 Å². The molecule has 5 rings (SSSR count). The summed E-state index contributed by atoms with van der Waals surface area (Å²) in [5.74, 6) is 0.107. The quantitative estimate of drug-likeness (QED) is 0.155. The van der Waals surface area contributed by atoms with E-state index in [1.807, 2.05) is 0 Å². The van der Waals surface area contributed by atoms with Crippen molar-refractivity contribution >= 4 is 24.8 Å². The molecular formula is C20H26N7O11P. The summed E-state index contributed by atoms with van der Waals surface area (Å²) in [6.45, 7) is 0.360. The Labute approximate surface area is 218 Å². The number of nitrogens with two attached hydrogens (primary N) is 1. The van der Waals surface area contributed by atoms with Gasteiger partial charge in [0, 0.05) is 18.2 Å². The highest BCUT2D eigenvalue weighted by molar-refractivity contribution is 7.47. The first-order chi connectivity index (χ1) is 18.4. The van der Waals surface area contributed by atoms with E-state index in [4.69, 9.17) is 24.3 Å². The number of ether oxygens (including phenoxy) is 2. The fourth-order valence-corrected chi connectivity index (χ4v) is 5.16. The molecule has 19 heteroatoms. The number of aliphatic hydroxyl groups excluding tert-OH is 3. The number of H-pyrrole nitrogens is 1. The maximum absolute atomic E-state index is 12.5. The molecular weight excluding hydrogens is 545 g/mol. The molecule has 0 amide bonds. The Morgan fingerprint density at radius 3 is 2.62 bits per heavy atom. The second-order valence-corrected chi connectivity index (χ2v) is 10.6. The SMILES string of the molecule is Cc1cn([C@@H]2O[C@H](COP(=O)(O)OC[C@H]3O[C@@H](n4cnc5c(N)ncnc54)[C@H](O)[C@@H]3O)C[C@H]2O)c(=O)[nH]c1=O. The molecule has 7 N–H and O–H groups in total. The highest BCUT2D eigenvalue weighted by atomic mass is 31.2. The minimum Gasteiger partial charge on any atom is -0.388 e. The molecule has 0 spiro atoms. The Hall–Kier alpha value is -3.06. The number of hydrogen-bond acceptors (Lipinski definition) is 14. The lowest BCUT2D eigenvalue weighted by Gasteiger charge is -2.19. The van der Waals surface area contributed by atoms with Crippen LogP contribution in [0.25, 0.3) is 11.2 Å². The lowest BCUT2D eigenvalue weighted by molar-refractivity contribution is -0.0606. The van der Waals surface area contributed by atoms with Gasteiger partial charge in [-0.05, 0) is 6.92 Å². The van der Waals surface area contributed by atoms with E-state index >= 15 is 0 Å². The Bertz CT molecular complexity index is 1530. The third-order valence-electron chi connectivity index (χ3n) is 6.41. The lowest BCUT2D eigenvalue weighted by Crippen LogP contribution is -2.36. The predicted molar refractivity (Wildman–Crippen MR) is 128 cm³/mol. The zero-order valence-corrected chi connectivity index (χ0v) is 21.2. The number of rotatable bonds is 8. The molecule has 0 aromatic carbocycles. The van der Waals surface area contributed by atoms with Gasteiger partial charge in [-0.1, -0.05) is 0 Å². The van der Waals surface area contributed by atoms with Gasteiger partial charge in [-0.25, -0.2) is 24.3 Å². The van der Waals surface area contributed by atoms with Crippen LogP contribution >= 0.6 is 7.82 Å². The molecule has 1 unspecified atom stereocenters. The summed E-state index contributed by atoms with van der Waals surface area (Å²) in [7, 11) is -4.71. The molecule has 3 aromatic heterocycles. The average Bonchev–Trinajstić information content (AvgIpc) is 3.56. The summed E-state index contributed by atoms with van der Waals surface area (Å²) in [5, 5.41) is 31.2. The number of aromatic amines is 1. The number of nitrogen functional groups attached to an aromatic ring is 1. The number of imidazole rings is 1. The normalized spacial score (nSPS) is 30.6. The van der Waals surface area contributed by atoms with Crippen molar-refractivity contribution in [2.75, 3.05) is 18.9 Å². The number of fused-ring (bicyclic) bond motifs is 1. The second kappa shape index (κ2) is 10.5. The summed E-state index contributed by atoms with van der Waals surface area (Å²) in [4.78, 5) is 47.9. The number of anilines is 1. The van der Waals surface area contributed by atoms with Crippen molar-refractivity contribution < 1.29 is 43.3 Å². The Kier molecular flexibility index (Phi) is 7.40. The molecule has 39 heavy (non-hydrogen) atoms. The summed E-state index contributed by atoms with van der Waals surface area (Å²) < 4.78 is 36.0. The van der Waals surface area contributed by atoms with E-state index in [9.17, 15) is 34.4 Å². The smallest absolute Gasteiger partial charge is 0.388 e. The van der Waals surface area contributed by atoms with Gasteiger partial charge in [-0.15, -0.1) is 0 Å². The number of nitrogens with zero attached hydrogens (tertiary/aromatic N) is 5. The molecule has 0 saturated carbocycles. The van der Waals surface area contributed by atoms with E-state index in [1.165, 1.54) is 30.3 Å². The van der Waals surface area contributed by atoms with Crippen molar-refractivity contribution in [3.8, 4) is 0 Å². The average molecular weight is 571 g/mol. The standard InChI is InChI=1S/C20H26N7O11P/c1-8-3-26(20(32)25-17(8)31)18-10(28)2-9(37-18)4-35-39(33,34)36-5-11-13(29)14(30)19(38-11)27-7-24-12-15(21)22-6-23-16(12)27/h3,6-7,9-11,13-14,18-19,28-30H,2,4-5H2,1H3,(H,33,34)(H2,21,22,23)(H,25,31,32)/t9-,10+,11+,13+,14+,18+,19+/m0/s1. The zero-order chi connectivity index (χ0) is 28.1. The number of aryl methyl sites for hydroxylation is 1. The first-order valence-electron chi connectivity index (χ1n) is 11.7. The van der Waals surface area contributed by atoms with Gasteiger partial charge >= 0.3 is 13.5 Å². The molecule has 3 aromatic rings. The molecule has 0 radical (unpaired) electrons. The molecule has 2 saturated heterocycles. The van der Waals surface area contributed by atoms with Gasteiger partial charge in [0.1, 0.15) is 36.3 Å². The highest BCUT2D eigenvalue weighted by Crippen LogP contribution is 2.45. The van der Waals surface area contributed by atoms with Crippen LogP contribution in [-0.4, -0.2) is 93.0 Å². The number of aliphatic hydroxyl groups is 3. The minimum atomic E-state index is -4.71. The number of aromatic nitrogens is 6. The van der Waals surface area contributed by atoms with E-state index in [2.05, 4.69) is 19.9 Å². The Morgan fingerprint density at radius 2 is 1.85 bits per heavy atom. The van der Waals surface area contributed by atoms with Crippen LogP contribution in [0.3, 0.4) is 0 Å². The molecule has 18 nitrogen and oxygen atoms in total. The van der Waals surface area contributed by atoms with Crippen LogP contribution in [0.4, 0.5) is 5.82 Å². The van der Waals surface area contributed by atoms with Gasteiger partial charge in [0.25, 0.3) is 5.56 Å². The third-order valence-corrected chi connectivity index (χ3v) is 7.36. The third kappa shape index (κ3) is 5.38. The predicted octanol–water partition coefficient (Wildman–Crippen LogP) is -2.33. The van der Waals surface area contributed by atoms with Crippen LogP contribution in [0.1, 0.15) is 24.4 Å². The van der Waals surface area contributed by atoms with Crippen molar-refractivity contribution in [1.29, 1.82) is 0 Å². The van der Waals surface area contributed by atoms with E-state index in [1.54, 1.807) is 0 Å². The fraction of sp³-hybridized carbons (Fsp3) is 0.550. The topological polar surface area (TPSA) is 259 Å². The number of hydrogen-bond donors (Lipinski definition) is 6. The van der Waals surface area contributed by atoms with Crippen molar-refractivity contribution in [3.63, 3.8) is 0 Å². The Balaban J connectivity index is 1.17. The molecule has 0 bridgehead atoms. The van der Waals surface area contributed by atoms with Crippen LogP contribution in [0.15, 0.2) is 28.4 Å². The molecule has 2 aliphatic heterocycles. The zero-order valence-electron chi connectivity index (χ0n) is 20.3. The molecule has 2 aliphatic rings. The molecule has 212 valence electrons. The monoisotopic (exact) mass is 571 g/mol. The van der Waals surface area contributed by atoms with Gasteiger partial charge in [0.15, 0.2) is 23.9 Å². The molecule has 8 atom stereocenters. The van der Waals surface area contributed by atoms with Crippen LogP contribution in [0, 0.1) is 6.92 Å². The summed E-state index contributed by atoms with van der Waals surface area (Å²) in [6.07, 6.45) is -4.86. The molecule has 5 heterocycles. The van der Waals surface area contributed by atoms with E-state index in [0.717, 1.165) is 4.57 Å². The van der Waals surface area contributed by atoms with Crippen molar-refractivity contribution in [2.24, 2.45) is 0 Å². The van der Waals surface area contributed by atoms with Crippen molar-refractivity contribution in [3.05, 3.63) is 45.3 Å². The van der Waals surface area contributed by atoms with Crippen LogP contribution in [-0.2, 0) is 23.1 Å². The first kappa shape index (κ1) is 27.5. The largest absolute Gasteiger partial charge is 0.472 e. The van der Waals surface area contributed by atoms with Crippen molar-refractivity contribution in [2.45, 2.75) is 56.3 Å². The van der Waals surface area contributed by atoms with Crippen LogP contribution in [0.5, 0.6) is 0 Å². The van der Waals surface area contributed by atoms with Crippen molar-refractivity contribution in [1.82, 2.24) is 29.1 Å². The lowest BCUT2D eigenvalue weighted by atomic mass is 10.1. The maximum Gasteiger partial charge on any atom is 0.472 e. The number of phosphoric ester groups is 1. The van der Waals surface area contributed by atoms with E-state index in [0.29, 0.717) is 0 Å². The number of nitrogens with one attached hydrogen (secondary N) is 1. The number of phosphoric acid groups is 1. The van der Waals surface area contributed by atoms with Crippen LogP contribution in [0.2, 0.25) is 0 Å². The fourth-order valence-electron chi connectivity index (χ4n) is 4.40. The summed E-state index contributed by atoms with van der Waals surface area (Å²) in [5.41, 5.74) is 5.13. The summed E-state index contributed by atoms with van der Waals surface area (Å²) >= 11 is 0.